The molecule has 4 rings (SSSR count). The van der Waals surface area contributed by atoms with Crippen LogP contribution in [0.25, 0.3) is 11.3 Å². The van der Waals surface area contributed by atoms with E-state index in [1.54, 1.807) is 12.1 Å². The van der Waals surface area contributed by atoms with Crippen molar-refractivity contribution in [1.29, 1.82) is 0 Å². The molecule has 1 amide bonds. The number of carbonyl (C=O) groups is 1. The van der Waals surface area contributed by atoms with Gasteiger partial charge in [0.25, 0.3) is 0 Å². The highest BCUT2D eigenvalue weighted by atomic mass is 32.2. The summed E-state index contributed by atoms with van der Waals surface area (Å²) in [5.74, 6) is -1.87. The molecule has 178 valence electrons. The van der Waals surface area contributed by atoms with Crippen molar-refractivity contribution in [3.8, 4) is 11.3 Å². The summed E-state index contributed by atoms with van der Waals surface area (Å²) in [4.78, 5) is 27.8. The Morgan fingerprint density at radius 3 is 2.62 bits per heavy atom. The Hall–Kier alpha value is -3.12. The number of alkyl halides is 3. The van der Waals surface area contributed by atoms with E-state index in [0.717, 1.165) is 30.8 Å². The van der Waals surface area contributed by atoms with Gasteiger partial charge in [-0.1, -0.05) is 0 Å². The largest absolute Gasteiger partial charge is 0.451 e. The number of nitrogens with one attached hydrogen (secondary N) is 1. The van der Waals surface area contributed by atoms with Gasteiger partial charge in [0.2, 0.25) is 11.7 Å². The number of halogens is 4. The summed E-state index contributed by atoms with van der Waals surface area (Å²) in [6.45, 7) is 2.17. The van der Waals surface area contributed by atoms with E-state index in [0.29, 0.717) is 23.2 Å². The quantitative estimate of drug-likeness (QED) is 0.407. The van der Waals surface area contributed by atoms with Crippen LogP contribution >= 0.6 is 11.9 Å². The molecule has 4 heterocycles. The molecule has 3 aromatic rings. The third-order valence-electron chi connectivity index (χ3n) is 5.31. The summed E-state index contributed by atoms with van der Waals surface area (Å²) >= 11 is 1.13. The minimum Gasteiger partial charge on any atom is -0.351 e. The maximum atomic E-state index is 14.0. The number of aromatic nitrogens is 4. The van der Waals surface area contributed by atoms with Gasteiger partial charge in [0.1, 0.15) is 5.03 Å². The number of nitrogens with zero attached hydrogens (tertiary/aromatic N) is 5. The van der Waals surface area contributed by atoms with Crippen molar-refractivity contribution < 1.29 is 22.4 Å². The molecule has 0 unspecified atom stereocenters. The molecule has 34 heavy (non-hydrogen) atoms. The Morgan fingerprint density at radius 2 is 1.91 bits per heavy atom. The lowest BCUT2D eigenvalue weighted by atomic mass is 10.1. The van der Waals surface area contributed by atoms with Crippen molar-refractivity contribution in [3.05, 3.63) is 66.3 Å². The molecule has 0 radical (unpaired) electrons. The van der Waals surface area contributed by atoms with E-state index in [-0.39, 0.29) is 23.5 Å². The van der Waals surface area contributed by atoms with E-state index >= 15 is 0 Å². The highest BCUT2D eigenvalue weighted by Gasteiger charge is 2.37. The molecule has 1 N–H and O–H groups in total. The summed E-state index contributed by atoms with van der Waals surface area (Å²) in [6, 6.07) is 5.80. The fourth-order valence-electron chi connectivity index (χ4n) is 3.56. The third kappa shape index (κ3) is 5.50. The van der Waals surface area contributed by atoms with Gasteiger partial charge in [-0.25, -0.2) is 23.6 Å². The molecule has 3 aromatic heterocycles. The molecule has 0 aliphatic carbocycles. The number of hydrogen-bond donors (Lipinski definition) is 1. The van der Waals surface area contributed by atoms with E-state index in [4.69, 9.17) is 0 Å². The minimum atomic E-state index is -4.62. The molecule has 0 spiro atoms. The van der Waals surface area contributed by atoms with Crippen LogP contribution in [0.15, 0.2) is 54.1 Å². The maximum Gasteiger partial charge on any atom is 0.451 e. The normalized spacial score (nSPS) is 18.7. The lowest BCUT2D eigenvalue weighted by Gasteiger charge is -2.25. The van der Waals surface area contributed by atoms with Gasteiger partial charge in [-0.05, 0) is 61.5 Å². The summed E-state index contributed by atoms with van der Waals surface area (Å²) in [6.07, 6.45) is 1.91. The second kappa shape index (κ2) is 10.0. The zero-order valence-corrected chi connectivity index (χ0v) is 18.8. The van der Waals surface area contributed by atoms with Crippen molar-refractivity contribution in [2.45, 2.75) is 49.6 Å². The number of hydrogen-bond acceptors (Lipinski definition) is 7. The Balaban J connectivity index is 1.41. The first-order valence-electron chi connectivity index (χ1n) is 10.4. The van der Waals surface area contributed by atoms with Crippen LogP contribution in [0.2, 0.25) is 0 Å². The zero-order chi connectivity index (χ0) is 24.3. The average Bonchev–Trinajstić information content (AvgIpc) is 3.19. The maximum absolute atomic E-state index is 14.0. The monoisotopic (exact) mass is 492 g/mol. The molecule has 0 aromatic carbocycles. The first-order valence-corrected chi connectivity index (χ1v) is 11.2. The van der Waals surface area contributed by atoms with Crippen LogP contribution in [0.4, 0.5) is 17.6 Å². The number of rotatable bonds is 6. The van der Waals surface area contributed by atoms with Crippen molar-refractivity contribution in [1.82, 2.24) is 29.6 Å². The smallest absolute Gasteiger partial charge is 0.351 e. The SMILES string of the molecule is C[C@H]1CC[C@@H](C(=O)NCc2ccnc(-c3cnc(C(F)(F)F)nc3)c2)N1Sc1ncccc1F. The number of pyridine rings is 2. The Labute approximate surface area is 197 Å². The summed E-state index contributed by atoms with van der Waals surface area (Å²) in [5, 5.41) is 3.10. The topological polar surface area (TPSA) is 83.9 Å². The number of carbonyl (C=O) groups excluding carboxylic acids is 1. The van der Waals surface area contributed by atoms with E-state index in [1.807, 2.05) is 11.2 Å². The van der Waals surface area contributed by atoms with Crippen LogP contribution in [0.5, 0.6) is 0 Å². The van der Waals surface area contributed by atoms with E-state index < -0.39 is 23.9 Å². The van der Waals surface area contributed by atoms with Gasteiger partial charge in [-0.15, -0.1) is 0 Å². The van der Waals surface area contributed by atoms with Gasteiger partial charge in [-0.2, -0.15) is 13.2 Å². The second-order valence-corrected chi connectivity index (χ2v) is 8.73. The van der Waals surface area contributed by atoms with E-state index in [9.17, 15) is 22.4 Å². The Kier molecular flexibility index (Phi) is 7.08. The van der Waals surface area contributed by atoms with Crippen molar-refractivity contribution in [3.63, 3.8) is 0 Å². The Morgan fingerprint density at radius 1 is 1.15 bits per heavy atom. The van der Waals surface area contributed by atoms with Gasteiger partial charge in [0.05, 0.1) is 11.7 Å². The molecule has 0 saturated carbocycles. The van der Waals surface area contributed by atoms with Crippen LogP contribution in [0, 0.1) is 5.82 Å². The number of amides is 1. The van der Waals surface area contributed by atoms with Gasteiger partial charge >= 0.3 is 6.18 Å². The highest BCUT2D eigenvalue weighted by Crippen LogP contribution is 2.35. The molecule has 7 nitrogen and oxygen atoms in total. The van der Waals surface area contributed by atoms with E-state index in [1.165, 1.54) is 24.5 Å². The van der Waals surface area contributed by atoms with Crippen LogP contribution < -0.4 is 5.32 Å². The van der Waals surface area contributed by atoms with Crippen LogP contribution in [-0.4, -0.2) is 42.2 Å². The first-order chi connectivity index (χ1) is 16.2. The first kappa shape index (κ1) is 24.0. The molecule has 1 aliphatic heterocycles. The van der Waals surface area contributed by atoms with Crippen molar-refractivity contribution in [2.75, 3.05) is 0 Å². The van der Waals surface area contributed by atoms with Gasteiger partial charge in [-0.3, -0.25) is 9.78 Å². The van der Waals surface area contributed by atoms with Gasteiger partial charge in [0.15, 0.2) is 5.82 Å². The zero-order valence-electron chi connectivity index (χ0n) is 18.0. The lowest BCUT2D eigenvalue weighted by Crippen LogP contribution is -2.41. The van der Waals surface area contributed by atoms with Crippen LogP contribution in [0.3, 0.4) is 0 Å². The fourth-order valence-corrected chi connectivity index (χ4v) is 4.63. The Bertz CT molecular complexity index is 1160. The molecular weight excluding hydrogens is 472 g/mol. The van der Waals surface area contributed by atoms with Crippen LogP contribution in [-0.2, 0) is 17.5 Å². The third-order valence-corrected chi connectivity index (χ3v) is 6.61. The molecule has 1 aliphatic rings. The molecular formula is C22H20F4N6OS. The molecule has 1 fully saturated rings. The second-order valence-electron chi connectivity index (χ2n) is 7.74. The highest BCUT2D eigenvalue weighted by molar-refractivity contribution is 7.97. The van der Waals surface area contributed by atoms with Crippen molar-refractivity contribution >= 4 is 17.9 Å². The molecule has 2 atom stereocenters. The lowest BCUT2D eigenvalue weighted by molar-refractivity contribution is -0.145. The van der Waals surface area contributed by atoms with E-state index in [2.05, 4.69) is 25.3 Å². The van der Waals surface area contributed by atoms with Crippen LogP contribution in [0.1, 0.15) is 31.2 Å². The molecule has 12 heteroatoms. The van der Waals surface area contributed by atoms with Crippen molar-refractivity contribution in [2.24, 2.45) is 0 Å². The summed E-state index contributed by atoms with van der Waals surface area (Å²) < 4.78 is 53.9. The standard InChI is InChI=1S/C22H20F4N6OS/c1-13-4-5-18(32(13)34-20-16(23)3-2-7-28-20)19(33)29-10-14-6-8-27-17(9-14)15-11-30-21(31-12-15)22(24,25)26/h2-3,6-9,11-13,18H,4-5,10H2,1H3,(H,29,33)/t13-,18-/m0/s1. The average molecular weight is 493 g/mol. The summed E-state index contributed by atoms with van der Waals surface area (Å²) in [5.41, 5.74) is 1.42. The predicted molar refractivity (Wildman–Crippen MR) is 116 cm³/mol. The van der Waals surface area contributed by atoms with Gasteiger partial charge in [0, 0.05) is 42.9 Å². The molecule has 1 saturated heterocycles. The summed E-state index contributed by atoms with van der Waals surface area (Å²) in [7, 11) is 0. The fraction of sp³-hybridized carbons (Fsp3) is 0.318. The minimum absolute atomic E-state index is 0.0642. The molecule has 0 bridgehead atoms. The predicted octanol–water partition coefficient (Wildman–Crippen LogP) is 4.27. The van der Waals surface area contributed by atoms with Gasteiger partial charge < -0.3 is 5.32 Å².